The van der Waals surface area contributed by atoms with Gasteiger partial charge in [0.2, 0.25) is 5.91 Å². The molecule has 4 atom stereocenters. The highest BCUT2D eigenvalue weighted by Crippen LogP contribution is 2.53. The number of anilines is 1. The first-order valence-electron chi connectivity index (χ1n) is 10.0. The number of carbonyl (C=O) groups is 2. The van der Waals surface area contributed by atoms with Crippen LogP contribution in [0.15, 0.2) is 36.1 Å². The minimum Gasteiger partial charge on any atom is -0.504 e. The molecule has 0 aromatic heterocycles. The van der Waals surface area contributed by atoms with E-state index in [1.54, 1.807) is 7.11 Å². The third-order valence-corrected chi connectivity index (χ3v) is 6.97. The van der Waals surface area contributed by atoms with Gasteiger partial charge in [-0.2, -0.15) is 0 Å². The van der Waals surface area contributed by atoms with Crippen LogP contribution in [-0.4, -0.2) is 50.1 Å². The van der Waals surface area contributed by atoms with E-state index in [9.17, 15) is 9.59 Å². The van der Waals surface area contributed by atoms with Gasteiger partial charge >= 0.3 is 5.97 Å². The Kier molecular flexibility index (Phi) is 4.91. The molecule has 1 N–H and O–H groups in total. The maximum absolute atomic E-state index is 13.2. The Labute approximate surface area is 165 Å². The molecule has 0 unspecified atom stereocenters. The number of fused-ring (bicyclic) bond motifs is 4. The van der Waals surface area contributed by atoms with E-state index in [1.807, 2.05) is 18.2 Å². The maximum Gasteiger partial charge on any atom is 0.337 e. The van der Waals surface area contributed by atoms with Crippen LogP contribution in [0.1, 0.15) is 31.7 Å². The fourth-order valence-corrected chi connectivity index (χ4v) is 5.63. The van der Waals surface area contributed by atoms with Crippen LogP contribution in [0.5, 0.6) is 0 Å². The van der Waals surface area contributed by atoms with Crippen LogP contribution >= 0.6 is 0 Å². The monoisotopic (exact) mass is 384 g/mol. The van der Waals surface area contributed by atoms with Gasteiger partial charge in [-0.3, -0.25) is 9.69 Å². The highest BCUT2D eigenvalue weighted by molar-refractivity contribution is 6.07. The molecule has 1 aromatic rings. The van der Waals surface area contributed by atoms with E-state index in [4.69, 9.17) is 9.47 Å². The number of nitrogens with zero attached hydrogens (tertiary/aromatic N) is 1. The van der Waals surface area contributed by atoms with Crippen molar-refractivity contribution in [2.24, 2.45) is 11.8 Å². The lowest BCUT2D eigenvalue weighted by Gasteiger charge is -2.45. The Morgan fingerprint density at radius 2 is 2.14 bits per heavy atom. The topological polar surface area (TPSA) is 67.9 Å². The number of methoxy groups -OCH3 is 2. The number of ether oxygens (including phenoxy) is 2. The molecule has 0 radical (unpaired) electrons. The smallest absolute Gasteiger partial charge is 0.337 e. The largest absolute Gasteiger partial charge is 0.504 e. The van der Waals surface area contributed by atoms with Crippen LogP contribution in [0.25, 0.3) is 0 Å². The molecule has 3 aliphatic heterocycles. The molecule has 0 bridgehead atoms. The van der Waals surface area contributed by atoms with Gasteiger partial charge in [0.1, 0.15) is 0 Å². The van der Waals surface area contributed by atoms with Gasteiger partial charge in [-0.05, 0) is 42.9 Å². The zero-order chi connectivity index (χ0) is 19.9. The Hall–Kier alpha value is -2.34. The molecule has 0 aliphatic carbocycles. The van der Waals surface area contributed by atoms with Crippen LogP contribution in [-0.2, 0) is 24.5 Å². The molecule has 1 amide bonds. The third kappa shape index (κ3) is 2.65. The molecule has 2 saturated heterocycles. The molecule has 6 heteroatoms. The average molecular weight is 384 g/mol. The Morgan fingerprint density at radius 3 is 2.86 bits per heavy atom. The first-order chi connectivity index (χ1) is 13.6. The molecule has 150 valence electrons. The highest BCUT2D eigenvalue weighted by Gasteiger charge is 2.60. The number of para-hydroxylation sites is 1. The molecular formula is C22H28N2O4. The second-order valence-corrected chi connectivity index (χ2v) is 8.04. The fraction of sp³-hybridized carbons (Fsp3) is 0.545. The van der Waals surface area contributed by atoms with Gasteiger partial charge in [-0.25, -0.2) is 4.79 Å². The predicted octanol–water partition coefficient (Wildman–Crippen LogP) is 2.70. The SMILES string of the molecule is CC[C@@H]1CN2CC[C@@]3(C(=O)Nc4ccccc43)[C@H]2C[C@H]1C(=COC)C(=O)OC. The summed E-state index contributed by atoms with van der Waals surface area (Å²) in [5.41, 5.74) is 2.05. The molecule has 1 spiro atoms. The zero-order valence-corrected chi connectivity index (χ0v) is 16.7. The molecule has 3 heterocycles. The summed E-state index contributed by atoms with van der Waals surface area (Å²) in [6.45, 7) is 3.93. The van der Waals surface area contributed by atoms with Crippen molar-refractivity contribution in [1.29, 1.82) is 0 Å². The summed E-state index contributed by atoms with van der Waals surface area (Å²) in [5.74, 6) is 0.0769. The van der Waals surface area contributed by atoms with Gasteiger partial charge in [-0.15, -0.1) is 0 Å². The normalized spacial score (nSPS) is 32.0. The molecule has 0 saturated carbocycles. The second kappa shape index (κ2) is 7.24. The minimum atomic E-state index is -0.540. The first kappa shape index (κ1) is 19.0. The summed E-state index contributed by atoms with van der Waals surface area (Å²) in [6, 6.07) is 8.07. The van der Waals surface area contributed by atoms with E-state index in [1.165, 1.54) is 13.4 Å². The molecule has 28 heavy (non-hydrogen) atoms. The number of carbonyl (C=O) groups excluding carboxylic acids is 2. The summed E-state index contributed by atoms with van der Waals surface area (Å²) in [7, 11) is 2.95. The van der Waals surface area contributed by atoms with Crippen molar-refractivity contribution < 1.29 is 19.1 Å². The zero-order valence-electron chi connectivity index (χ0n) is 16.7. The van der Waals surface area contributed by atoms with Crippen molar-refractivity contribution in [2.75, 3.05) is 32.6 Å². The fourth-order valence-electron chi connectivity index (χ4n) is 5.63. The van der Waals surface area contributed by atoms with E-state index in [2.05, 4.69) is 23.2 Å². The lowest BCUT2D eigenvalue weighted by atomic mass is 9.67. The van der Waals surface area contributed by atoms with Crippen LogP contribution in [0, 0.1) is 11.8 Å². The van der Waals surface area contributed by atoms with Crippen molar-refractivity contribution in [2.45, 2.75) is 37.6 Å². The Bertz CT molecular complexity index is 821. The molecule has 2 fully saturated rings. The van der Waals surface area contributed by atoms with Crippen molar-refractivity contribution in [3.8, 4) is 0 Å². The van der Waals surface area contributed by atoms with Crippen molar-refractivity contribution in [3.05, 3.63) is 41.7 Å². The first-order valence-corrected chi connectivity index (χ1v) is 10.0. The van der Waals surface area contributed by atoms with Crippen molar-refractivity contribution >= 4 is 17.6 Å². The van der Waals surface area contributed by atoms with E-state index in [0.717, 1.165) is 43.6 Å². The quantitative estimate of drug-likeness (QED) is 0.491. The number of piperidine rings is 1. The summed E-state index contributed by atoms with van der Waals surface area (Å²) in [4.78, 5) is 28.1. The minimum absolute atomic E-state index is 0.00851. The van der Waals surface area contributed by atoms with Gasteiger partial charge in [0.15, 0.2) is 0 Å². The number of hydrogen-bond acceptors (Lipinski definition) is 5. The van der Waals surface area contributed by atoms with Crippen molar-refractivity contribution in [3.63, 3.8) is 0 Å². The van der Waals surface area contributed by atoms with E-state index < -0.39 is 5.41 Å². The van der Waals surface area contributed by atoms with E-state index >= 15 is 0 Å². The Morgan fingerprint density at radius 1 is 1.36 bits per heavy atom. The number of amides is 1. The third-order valence-electron chi connectivity index (χ3n) is 6.97. The van der Waals surface area contributed by atoms with Crippen molar-refractivity contribution in [1.82, 2.24) is 4.90 Å². The van der Waals surface area contributed by atoms with E-state index in [0.29, 0.717) is 11.5 Å². The standard InChI is InChI=1S/C22H28N2O4/c1-4-14-12-24-10-9-22(17-7-5-6-8-18(17)23-21(22)26)19(24)11-15(14)16(13-27-2)20(25)28-3/h5-8,13-15,19H,4,9-12H2,1-3H3,(H,23,26)/t14-,15-,19-,22+/m1/s1. The maximum atomic E-state index is 13.2. The number of rotatable bonds is 4. The van der Waals surface area contributed by atoms with Crippen LogP contribution in [0.2, 0.25) is 0 Å². The van der Waals surface area contributed by atoms with Crippen LogP contribution in [0.4, 0.5) is 5.69 Å². The van der Waals surface area contributed by atoms with E-state index in [-0.39, 0.29) is 23.8 Å². The van der Waals surface area contributed by atoms with Gasteiger partial charge in [-0.1, -0.05) is 31.5 Å². The van der Waals surface area contributed by atoms with Gasteiger partial charge < -0.3 is 14.8 Å². The molecule has 4 rings (SSSR count). The van der Waals surface area contributed by atoms with Crippen LogP contribution in [0.3, 0.4) is 0 Å². The highest BCUT2D eigenvalue weighted by atomic mass is 16.5. The molecule has 6 nitrogen and oxygen atoms in total. The number of benzene rings is 1. The molecular weight excluding hydrogens is 356 g/mol. The number of nitrogens with one attached hydrogen (secondary N) is 1. The molecule has 3 aliphatic rings. The molecule has 1 aromatic carbocycles. The van der Waals surface area contributed by atoms with Gasteiger partial charge in [0, 0.05) is 18.3 Å². The summed E-state index contributed by atoms with van der Waals surface area (Å²) < 4.78 is 10.3. The van der Waals surface area contributed by atoms with Gasteiger partial charge in [0.05, 0.1) is 31.5 Å². The Balaban J connectivity index is 1.74. The summed E-state index contributed by atoms with van der Waals surface area (Å²) in [6.07, 6.45) is 4.04. The summed E-state index contributed by atoms with van der Waals surface area (Å²) in [5, 5.41) is 3.10. The van der Waals surface area contributed by atoms with Gasteiger partial charge in [0.25, 0.3) is 0 Å². The number of esters is 1. The van der Waals surface area contributed by atoms with Crippen LogP contribution < -0.4 is 5.32 Å². The summed E-state index contributed by atoms with van der Waals surface area (Å²) >= 11 is 0. The lowest BCUT2D eigenvalue weighted by Crippen LogP contribution is -2.53. The lowest BCUT2D eigenvalue weighted by molar-refractivity contribution is -0.137. The predicted molar refractivity (Wildman–Crippen MR) is 106 cm³/mol. The average Bonchev–Trinajstić information content (AvgIpc) is 3.23. The number of hydrogen-bond donors (Lipinski definition) is 1. The second-order valence-electron chi connectivity index (χ2n) is 8.04.